The summed E-state index contributed by atoms with van der Waals surface area (Å²) in [5, 5.41) is 0.194. The van der Waals surface area contributed by atoms with Crippen LogP contribution in [0.3, 0.4) is 0 Å². The van der Waals surface area contributed by atoms with Crippen molar-refractivity contribution in [2.75, 3.05) is 5.34 Å². The molecule has 0 N–H and O–H groups in total. The van der Waals surface area contributed by atoms with Gasteiger partial charge in [0.05, 0.1) is 5.34 Å². The maximum atomic E-state index is 11.5. The first kappa shape index (κ1) is 16.5. The number of carbonyl (C=O) groups is 1. The van der Waals surface area contributed by atoms with Crippen molar-refractivity contribution in [3.05, 3.63) is 0 Å². The Balaban J connectivity index is 0. The summed E-state index contributed by atoms with van der Waals surface area (Å²) in [5.41, 5.74) is 0. The lowest BCUT2D eigenvalue weighted by Crippen LogP contribution is -2.36. The van der Waals surface area contributed by atoms with E-state index in [0.29, 0.717) is 0 Å². The summed E-state index contributed by atoms with van der Waals surface area (Å²) in [6.45, 7) is 4.53. The molecule has 0 atom stereocenters. The summed E-state index contributed by atoms with van der Waals surface area (Å²) in [7, 11) is -2.40. The average Bonchev–Trinajstić information content (AvgIpc) is 1.82. The first-order chi connectivity index (χ1) is 6.04. The van der Waals surface area contributed by atoms with Gasteiger partial charge in [0.2, 0.25) is 8.32 Å². The Bertz CT molecular complexity index is 179. The highest BCUT2D eigenvalue weighted by molar-refractivity contribution is 6.71. The molecule has 0 aliphatic rings. The van der Waals surface area contributed by atoms with Crippen LogP contribution in [0.25, 0.3) is 0 Å². The minimum atomic E-state index is -4.86. The van der Waals surface area contributed by atoms with Crippen LogP contribution in [0.4, 0.5) is 13.2 Å². The van der Waals surface area contributed by atoms with E-state index < -0.39 is 20.5 Å². The van der Waals surface area contributed by atoms with Crippen molar-refractivity contribution in [2.24, 2.45) is 0 Å². The fourth-order valence-corrected chi connectivity index (χ4v) is 1.01. The minimum Gasteiger partial charge on any atom is -0.513 e. The third-order valence-electron chi connectivity index (χ3n) is 0.630. The van der Waals surface area contributed by atoms with Crippen molar-refractivity contribution in [1.82, 2.24) is 0 Å². The fraction of sp³-hybridized carbons (Fsp3) is 0.833. The SMILES string of the molecule is C[Si](C)(C)OC(=O)C(F)(F)F.ClCCl. The molecule has 0 rings (SSSR count). The van der Waals surface area contributed by atoms with Gasteiger partial charge >= 0.3 is 12.1 Å². The van der Waals surface area contributed by atoms with Crippen LogP contribution in [0.5, 0.6) is 0 Å². The van der Waals surface area contributed by atoms with Crippen molar-refractivity contribution in [2.45, 2.75) is 25.8 Å². The van der Waals surface area contributed by atoms with Gasteiger partial charge in [-0.3, -0.25) is 0 Å². The lowest BCUT2D eigenvalue weighted by Gasteiger charge is -2.17. The van der Waals surface area contributed by atoms with Gasteiger partial charge in [-0.2, -0.15) is 13.2 Å². The number of carbonyl (C=O) groups excluding carboxylic acids is 1. The van der Waals surface area contributed by atoms with Gasteiger partial charge < -0.3 is 4.43 Å². The topological polar surface area (TPSA) is 26.3 Å². The normalized spacial score (nSPS) is 11.4. The third kappa shape index (κ3) is 12.1. The van der Waals surface area contributed by atoms with Gasteiger partial charge in [-0.25, -0.2) is 4.79 Å². The van der Waals surface area contributed by atoms with Crippen LogP contribution >= 0.6 is 23.2 Å². The summed E-state index contributed by atoms with van der Waals surface area (Å²) in [6.07, 6.45) is -4.86. The Hall–Kier alpha value is 0.0569. The second kappa shape index (κ2) is 6.52. The lowest BCUT2D eigenvalue weighted by molar-refractivity contribution is -0.190. The molecule has 0 unspecified atom stereocenters. The van der Waals surface area contributed by atoms with E-state index >= 15 is 0 Å². The Kier molecular flexibility index (Phi) is 7.68. The van der Waals surface area contributed by atoms with Crippen LogP contribution in [-0.4, -0.2) is 25.8 Å². The van der Waals surface area contributed by atoms with Gasteiger partial charge in [0.15, 0.2) is 0 Å². The van der Waals surface area contributed by atoms with Crippen molar-refractivity contribution < 1.29 is 22.4 Å². The molecule has 0 spiro atoms. The van der Waals surface area contributed by atoms with Crippen molar-refractivity contribution >= 4 is 37.5 Å². The molecule has 0 heterocycles. The molecule has 0 aliphatic carbocycles. The molecule has 8 heteroatoms. The van der Waals surface area contributed by atoms with Crippen molar-refractivity contribution in [3.63, 3.8) is 0 Å². The van der Waals surface area contributed by atoms with Crippen LogP contribution in [0, 0.1) is 0 Å². The van der Waals surface area contributed by atoms with Crippen molar-refractivity contribution in [3.8, 4) is 0 Å². The fourth-order valence-electron chi connectivity index (χ4n) is 0.336. The molecule has 0 aromatic carbocycles. The quantitative estimate of drug-likeness (QED) is 0.540. The molecule has 0 bridgehead atoms. The number of halogens is 5. The van der Waals surface area contributed by atoms with E-state index in [-0.39, 0.29) is 5.34 Å². The molecule has 0 aliphatic heterocycles. The zero-order valence-corrected chi connectivity index (χ0v) is 10.4. The first-order valence-corrected chi connectivity index (χ1v) is 7.94. The van der Waals surface area contributed by atoms with Crippen LogP contribution in [0.2, 0.25) is 19.6 Å². The number of hydrogen-bond acceptors (Lipinski definition) is 2. The summed E-state index contributed by atoms with van der Waals surface area (Å²) in [5.74, 6) is -2.09. The second-order valence-corrected chi connectivity index (χ2v) is 8.34. The van der Waals surface area contributed by atoms with E-state index in [9.17, 15) is 18.0 Å². The lowest BCUT2D eigenvalue weighted by atomic mass is 10.7. The van der Waals surface area contributed by atoms with Gasteiger partial charge in [-0.15, -0.1) is 23.2 Å². The Labute approximate surface area is 91.5 Å². The number of alkyl halides is 5. The van der Waals surface area contributed by atoms with Crippen LogP contribution < -0.4 is 0 Å². The van der Waals surface area contributed by atoms with E-state index in [0.717, 1.165) is 0 Å². The van der Waals surface area contributed by atoms with Gasteiger partial charge in [-0.05, 0) is 19.6 Å². The highest BCUT2D eigenvalue weighted by Gasteiger charge is 2.42. The predicted molar refractivity (Wildman–Crippen MR) is 52.1 cm³/mol. The van der Waals surface area contributed by atoms with E-state index in [1.807, 2.05) is 0 Å². The molecule has 0 aromatic rings. The zero-order valence-electron chi connectivity index (χ0n) is 7.91. The van der Waals surface area contributed by atoms with Crippen LogP contribution in [0.1, 0.15) is 0 Å². The van der Waals surface area contributed by atoms with Gasteiger partial charge in [0, 0.05) is 0 Å². The van der Waals surface area contributed by atoms with E-state index in [1.165, 1.54) is 19.6 Å². The molecule has 0 aromatic heterocycles. The average molecular weight is 271 g/mol. The number of rotatable bonds is 1. The molecule has 0 saturated heterocycles. The van der Waals surface area contributed by atoms with Crippen molar-refractivity contribution in [1.29, 1.82) is 0 Å². The van der Waals surface area contributed by atoms with Crippen LogP contribution in [-0.2, 0) is 9.22 Å². The number of hydrogen-bond donors (Lipinski definition) is 0. The Morgan fingerprint density at radius 1 is 1.29 bits per heavy atom. The molecular weight excluding hydrogens is 260 g/mol. The molecule has 2 nitrogen and oxygen atoms in total. The monoisotopic (exact) mass is 270 g/mol. The Morgan fingerprint density at radius 2 is 1.57 bits per heavy atom. The predicted octanol–water partition coefficient (Wildman–Crippen LogP) is 3.35. The second-order valence-electron chi connectivity index (χ2n) is 3.10. The largest absolute Gasteiger partial charge is 0.513 e. The third-order valence-corrected chi connectivity index (χ3v) is 1.43. The highest BCUT2D eigenvalue weighted by Crippen LogP contribution is 2.19. The molecule has 86 valence electrons. The summed E-state index contributed by atoms with van der Waals surface area (Å²) < 4.78 is 38.8. The van der Waals surface area contributed by atoms with Gasteiger partial charge in [0.1, 0.15) is 0 Å². The smallest absolute Gasteiger partial charge is 0.489 e. The molecule has 0 radical (unpaired) electrons. The van der Waals surface area contributed by atoms with Gasteiger partial charge in [-0.1, -0.05) is 0 Å². The molecule has 14 heavy (non-hydrogen) atoms. The standard InChI is InChI=1S/C5H9F3O2Si.CH2Cl2/c1-11(2,3)10-4(9)5(6,7)8;2-1-3/h1-3H3;1H2. The van der Waals surface area contributed by atoms with E-state index in [1.54, 1.807) is 0 Å². The minimum absolute atomic E-state index is 0.194. The first-order valence-electron chi connectivity index (χ1n) is 3.46. The summed E-state index contributed by atoms with van der Waals surface area (Å²) in [6, 6.07) is 0. The molecule has 0 amide bonds. The van der Waals surface area contributed by atoms with Gasteiger partial charge in [0.25, 0.3) is 0 Å². The van der Waals surface area contributed by atoms with Crippen LogP contribution in [0.15, 0.2) is 0 Å². The Morgan fingerprint density at radius 3 is 1.64 bits per heavy atom. The summed E-state index contributed by atoms with van der Waals surface area (Å²) >= 11 is 9.53. The summed E-state index contributed by atoms with van der Waals surface area (Å²) in [4.78, 5) is 10.2. The van der Waals surface area contributed by atoms with E-state index in [2.05, 4.69) is 4.43 Å². The highest BCUT2D eigenvalue weighted by atomic mass is 35.5. The zero-order chi connectivity index (χ0) is 12.0. The molecule has 0 fully saturated rings. The maximum absolute atomic E-state index is 11.5. The molecular formula is C6H11Cl2F3O2Si. The maximum Gasteiger partial charge on any atom is 0.489 e. The van der Waals surface area contributed by atoms with E-state index in [4.69, 9.17) is 23.2 Å². The molecule has 0 saturated carbocycles.